The van der Waals surface area contributed by atoms with Crippen molar-refractivity contribution in [3.63, 3.8) is 0 Å². The number of anilines is 1. The van der Waals surface area contributed by atoms with Gasteiger partial charge in [0.15, 0.2) is 0 Å². The van der Waals surface area contributed by atoms with Gasteiger partial charge in [-0.05, 0) is 24.3 Å². The average molecular weight is 270 g/mol. The van der Waals surface area contributed by atoms with E-state index in [0.717, 1.165) is 23.1 Å². The third kappa shape index (κ3) is 1.92. The predicted molar refractivity (Wildman–Crippen MR) is 78.9 cm³/mol. The maximum atomic E-state index is 11.5. The van der Waals surface area contributed by atoms with Crippen LogP contribution >= 0.6 is 0 Å². The third-order valence-corrected chi connectivity index (χ3v) is 4.44. The minimum absolute atomic E-state index is 0.542. The van der Waals surface area contributed by atoms with Crippen LogP contribution in [0.15, 0.2) is 36.5 Å². The van der Waals surface area contributed by atoms with Crippen LogP contribution in [0, 0.1) is 5.41 Å². The van der Waals surface area contributed by atoms with E-state index >= 15 is 0 Å². The second kappa shape index (κ2) is 4.78. The maximum Gasteiger partial charge on any atom is 0.311 e. The van der Waals surface area contributed by atoms with Crippen molar-refractivity contribution in [3.05, 3.63) is 36.5 Å². The summed E-state index contributed by atoms with van der Waals surface area (Å²) < 4.78 is 0. The molecule has 4 nitrogen and oxygen atoms in total. The summed E-state index contributed by atoms with van der Waals surface area (Å²) in [5.41, 5.74) is -0.626. The van der Waals surface area contributed by atoms with E-state index in [9.17, 15) is 9.90 Å². The average Bonchev–Trinajstić information content (AvgIpc) is 2.92. The van der Waals surface area contributed by atoms with E-state index in [1.807, 2.05) is 31.2 Å². The lowest BCUT2D eigenvalue weighted by Crippen LogP contribution is -2.34. The Balaban J connectivity index is 2.00. The molecule has 1 saturated heterocycles. The Morgan fingerprint density at radius 3 is 2.90 bits per heavy atom. The quantitative estimate of drug-likeness (QED) is 0.931. The summed E-state index contributed by atoms with van der Waals surface area (Å²) >= 11 is 0. The van der Waals surface area contributed by atoms with E-state index < -0.39 is 11.4 Å². The fraction of sp³-hybridized carbons (Fsp3) is 0.375. The number of pyridine rings is 1. The van der Waals surface area contributed by atoms with Gasteiger partial charge in [-0.3, -0.25) is 4.79 Å². The Labute approximate surface area is 118 Å². The first-order chi connectivity index (χ1) is 9.66. The molecule has 2 heterocycles. The molecule has 3 rings (SSSR count). The Morgan fingerprint density at radius 2 is 2.20 bits per heavy atom. The molecule has 104 valence electrons. The van der Waals surface area contributed by atoms with Gasteiger partial charge in [0.05, 0.1) is 5.41 Å². The van der Waals surface area contributed by atoms with E-state index in [1.165, 1.54) is 0 Å². The minimum Gasteiger partial charge on any atom is -0.481 e. The van der Waals surface area contributed by atoms with Crippen molar-refractivity contribution in [1.29, 1.82) is 0 Å². The number of nitrogens with zero attached hydrogens (tertiary/aromatic N) is 2. The smallest absolute Gasteiger partial charge is 0.311 e. The molecule has 0 spiro atoms. The molecule has 0 bridgehead atoms. The molecule has 1 aliphatic heterocycles. The molecule has 1 unspecified atom stereocenters. The van der Waals surface area contributed by atoms with Crippen LogP contribution in [-0.4, -0.2) is 29.1 Å². The number of hydrogen-bond acceptors (Lipinski definition) is 3. The predicted octanol–water partition coefficient (Wildman–Crippen LogP) is 2.93. The van der Waals surface area contributed by atoms with E-state index in [2.05, 4.69) is 16.0 Å². The summed E-state index contributed by atoms with van der Waals surface area (Å²) in [5.74, 6) is 0.211. The number of aliphatic carboxylic acids is 1. The van der Waals surface area contributed by atoms with Gasteiger partial charge in [0, 0.05) is 24.7 Å². The van der Waals surface area contributed by atoms with Gasteiger partial charge in [0.25, 0.3) is 0 Å². The van der Waals surface area contributed by atoms with Gasteiger partial charge in [-0.15, -0.1) is 0 Å². The molecule has 1 fully saturated rings. The van der Waals surface area contributed by atoms with E-state index in [1.54, 1.807) is 6.20 Å². The Kier molecular flexibility index (Phi) is 3.08. The number of carboxylic acid groups (broad SMARTS) is 1. The molecule has 2 aromatic rings. The first kappa shape index (κ1) is 12.9. The normalized spacial score (nSPS) is 22.4. The standard InChI is InChI=1S/C16H18N2O2/c1-2-16(15(19)20)8-10-18(11-16)14-13-6-4-3-5-12(13)7-9-17-14/h3-7,9H,2,8,10-11H2,1H3,(H,19,20). The van der Waals surface area contributed by atoms with Crippen LogP contribution < -0.4 is 4.90 Å². The Bertz CT molecular complexity index is 650. The van der Waals surface area contributed by atoms with E-state index in [0.29, 0.717) is 19.4 Å². The molecule has 0 aliphatic carbocycles. The molecular weight excluding hydrogens is 252 g/mol. The maximum absolute atomic E-state index is 11.5. The summed E-state index contributed by atoms with van der Waals surface area (Å²) in [4.78, 5) is 18.1. The molecule has 0 amide bonds. The first-order valence-corrected chi connectivity index (χ1v) is 6.98. The zero-order valence-electron chi connectivity index (χ0n) is 11.5. The molecule has 1 aromatic carbocycles. The monoisotopic (exact) mass is 270 g/mol. The largest absolute Gasteiger partial charge is 0.481 e. The highest BCUT2D eigenvalue weighted by Gasteiger charge is 2.43. The second-order valence-electron chi connectivity index (χ2n) is 5.47. The molecule has 1 aromatic heterocycles. The molecule has 4 heteroatoms. The van der Waals surface area contributed by atoms with Gasteiger partial charge in [0.2, 0.25) is 0 Å². The summed E-state index contributed by atoms with van der Waals surface area (Å²) in [7, 11) is 0. The van der Waals surface area contributed by atoms with Crippen LogP contribution in [0.3, 0.4) is 0 Å². The van der Waals surface area contributed by atoms with Gasteiger partial charge in [-0.2, -0.15) is 0 Å². The number of rotatable bonds is 3. The fourth-order valence-electron chi connectivity index (χ4n) is 3.02. The van der Waals surface area contributed by atoms with Crippen molar-refractivity contribution in [2.45, 2.75) is 19.8 Å². The first-order valence-electron chi connectivity index (χ1n) is 6.98. The van der Waals surface area contributed by atoms with Gasteiger partial charge < -0.3 is 10.0 Å². The Hall–Kier alpha value is -2.10. The number of carbonyl (C=O) groups is 1. The van der Waals surface area contributed by atoms with Crippen LogP contribution in [0.2, 0.25) is 0 Å². The highest BCUT2D eigenvalue weighted by Crippen LogP contribution is 2.37. The fourth-order valence-corrected chi connectivity index (χ4v) is 3.02. The van der Waals surface area contributed by atoms with Crippen molar-refractivity contribution in [2.75, 3.05) is 18.0 Å². The van der Waals surface area contributed by atoms with Crippen LogP contribution in [0.25, 0.3) is 10.8 Å². The van der Waals surface area contributed by atoms with Crippen molar-refractivity contribution >= 4 is 22.6 Å². The molecule has 1 N–H and O–H groups in total. The number of fused-ring (bicyclic) bond motifs is 1. The van der Waals surface area contributed by atoms with Crippen LogP contribution in [0.5, 0.6) is 0 Å². The lowest BCUT2D eigenvalue weighted by atomic mass is 9.84. The summed E-state index contributed by atoms with van der Waals surface area (Å²) in [5, 5.41) is 11.7. The van der Waals surface area contributed by atoms with Crippen molar-refractivity contribution in [3.8, 4) is 0 Å². The molecule has 1 aliphatic rings. The Morgan fingerprint density at radius 1 is 1.40 bits per heavy atom. The summed E-state index contributed by atoms with van der Waals surface area (Å²) in [6, 6.07) is 10.1. The number of hydrogen-bond donors (Lipinski definition) is 1. The van der Waals surface area contributed by atoms with Crippen molar-refractivity contribution in [2.24, 2.45) is 5.41 Å². The molecular formula is C16H18N2O2. The van der Waals surface area contributed by atoms with E-state index in [4.69, 9.17) is 0 Å². The van der Waals surface area contributed by atoms with Crippen molar-refractivity contribution in [1.82, 2.24) is 4.98 Å². The molecule has 0 radical (unpaired) electrons. The zero-order chi connectivity index (χ0) is 14.2. The topological polar surface area (TPSA) is 53.4 Å². The van der Waals surface area contributed by atoms with Gasteiger partial charge >= 0.3 is 5.97 Å². The molecule has 20 heavy (non-hydrogen) atoms. The zero-order valence-corrected chi connectivity index (χ0v) is 11.5. The molecule has 1 atom stereocenters. The lowest BCUT2D eigenvalue weighted by Gasteiger charge is -2.24. The van der Waals surface area contributed by atoms with Gasteiger partial charge in [-0.1, -0.05) is 31.2 Å². The van der Waals surface area contributed by atoms with Crippen LogP contribution in [0.4, 0.5) is 5.82 Å². The number of aromatic nitrogens is 1. The SMILES string of the molecule is CCC1(C(=O)O)CCN(c2nccc3ccccc23)C1. The highest BCUT2D eigenvalue weighted by molar-refractivity contribution is 5.92. The highest BCUT2D eigenvalue weighted by atomic mass is 16.4. The number of carboxylic acids is 1. The summed E-state index contributed by atoms with van der Waals surface area (Å²) in [6.07, 6.45) is 3.14. The number of benzene rings is 1. The second-order valence-corrected chi connectivity index (χ2v) is 5.47. The van der Waals surface area contributed by atoms with Crippen LogP contribution in [-0.2, 0) is 4.79 Å². The van der Waals surface area contributed by atoms with Gasteiger partial charge in [0.1, 0.15) is 5.82 Å². The summed E-state index contributed by atoms with van der Waals surface area (Å²) in [6.45, 7) is 3.25. The van der Waals surface area contributed by atoms with Crippen molar-refractivity contribution < 1.29 is 9.90 Å². The van der Waals surface area contributed by atoms with Crippen LogP contribution in [0.1, 0.15) is 19.8 Å². The third-order valence-electron chi connectivity index (χ3n) is 4.44. The minimum atomic E-state index is -0.692. The van der Waals surface area contributed by atoms with E-state index in [-0.39, 0.29) is 0 Å². The lowest BCUT2D eigenvalue weighted by molar-refractivity contribution is -0.147. The molecule has 0 saturated carbocycles. The van der Waals surface area contributed by atoms with Gasteiger partial charge in [-0.25, -0.2) is 4.98 Å².